The topological polar surface area (TPSA) is 48.5 Å². The van der Waals surface area contributed by atoms with Gasteiger partial charge in [0.15, 0.2) is 5.13 Å². The normalized spacial score (nSPS) is 34.1. The van der Waals surface area contributed by atoms with Crippen LogP contribution in [0.25, 0.3) is 10.2 Å². The van der Waals surface area contributed by atoms with Gasteiger partial charge < -0.3 is 15.1 Å². The molecule has 0 unspecified atom stereocenters. The summed E-state index contributed by atoms with van der Waals surface area (Å²) in [5, 5.41) is 4.41. The van der Waals surface area contributed by atoms with Gasteiger partial charge in [-0.1, -0.05) is 11.3 Å². The highest BCUT2D eigenvalue weighted by molar-refractivity contribution is 7.22. The van der Waals surface area contributed by atoms with Crippen LogP contribution < -0.4 is 10.2 Å². The molecule has 2 aromatic rings. The van der Waals surface area contributed by atoms with Crippen molar-refractivity contribution in [2.45, 2.75) is 38.5 Å². The number of carbonyl (C=O) groups excluding carboxylic acids is 1. The molecule has 4 bridgehead atoms. The molecule has 1 aromatic carbocycles. The van der Waals surface area contributed by atoms with Gasteiger partial charge in [-0.15, -0.1) is 0 Å². The predicted octanol–water partition coefficient (Wildman–Crippen LogP) is 4.20. The Morgan fingerprint density at radius 3 is 2.38 bits per heavy atom. The van der Waals surface area contributed by atoms with Gasteiger partial charge in [-0.2, -0.15) is 0 Å². The number of hydrogen-bond donors (Lipinski definition) is 1. The molecule has 4 saturated carbocycles. The lowest BCUT2D eigenvalue weighted by Crippen LogP contribution is -2.51. The first-order chi connectivity index (χ1) is 14.1. The maximum atomic E-state index is 13.3. The highest BCUT2D eigenvalue weighted by atomic mass is 32.1. The molecule has 5 nitrogen and oxygen atoms in total. The van der Waals surface area contributed by atoms with Crippen LogP contribution >= 0.6 is 11.3 Å². The Bertz CT molecular complexity index is 910. The van der Waals surface area contributed by atoms with Gasteiger partial charge in [-0.25, -0.2) is 4.98 Å². The minimum atomic E-state index is -0.0948. The summed E-state index contributed by atoms with van der Waals surface area (Å²) in [6.07, 6.45) is 7.45. The third-order valence-electron chi connectivity index (χ3n) is 7.93. The van der Waals surface area contributed by atoms with E-state index in [1.165, 1.54) is 24.0 Å². The molecule has 1 aromatic heterocycles. The summed E-state index contributed by atoms with van der Waals surface area (Å²) in [7, 11) is 2.18. The van der Waals surface area contributed by atoms with Crippen molar-refractivity contribution in [3.63, 3.8) is 0 Å². The zero-order valence-electron chi connectivity index (χ0n) is 17.2. The number of benzene rings is 1. The molecule has 1 N–H and O–H groups in total. The number of thiazole rings is 1. The molecular formula is C23H30N4OS. The first-order valence-electron chi connectivity index (χ1n) is 11.2. The molecule has 29 heavy (non-hydrogen) atoms. The van der Waals surface area contributed by atoms with Crippen molar-refractivity contribution >= 4 is 38.3 Å². The van der Waals surface area contributed by atoms with E-state index in [0.717, 1.165) is 79.5 Å². The molecule has 1 amide bonds. The van der Waals surface area contributed by atoms with Crippen molar-refractivity contribution in [2.75, 3.05) is 43.4 Å². The van der Waals surface area contributed by atoms with E-state index in [1.807, 2.05) is 6.07 Å². The summed E-state index contributed by atoms with van der Waals surface area (Å²) < 4.78 is 1.17. The Morgan fingerprint density at radius 2 is 1.72 bits per heavy atom. The minimum Gasteiger partial charge on any atom is -0.345 e. The van der Waals surface area contributed by atoms with Gasteiger partial charge in [0.25, 0.3) is 0 Å². The van der Waals surface area contributed by atoms with Crippen LogP contribution in [0.1, 0.15) is 38.5 Å². The van der Waals surface area contributed by atoms with E-state index in [0.29, 0.717) is 0 Å². The average molecular weight is 411 g/mol. The maximum absolute atomic E-state index is 13.3. The molecule has 5 aliphatic rings. The number of nitrogens with zero attached hydrogens (tertiary/aromatic N) is 3. The number of nitrogens with one attached hydrogen (secondary N) is 1. The molecule has 154 valence electrons. The van der Waals surface area contributed by atoms with Crippen molar-refractivity contribution in [2.24, 2.45) is 23.2 Å². The number of aromatic nitrogens is 1. The molecule has 0 radical (unpaired) electrons. The van der Waals surface area contributed by atoms with Gasteiger partial charge in [0, 0.05) is 31.9 Å². The molecule has 1 saturated heterocycles. The molecule has 0 atom stereocenters. The smallest absolute Gasteiger partial charge is 0.230 e. The Balaban J connectivity index is 1.21. The van der Waals surface area contributed by atoms with Crippen LogP contribution in [0, 0.1) is 23.2 Å². The van der Waals surface area contributed by atoms with Crippen molar-refractivity contribution < 1.29 is 4.79 Å². The molecule has 5 fully saturated rings. The molecule has 4 aliphatic carbocycles. The van der Waals surface area contributed by atoms with E-state index in [4.69, 9.17) is 4.98 Å². The third kappa shape index (κ3) is 3.15. The third-order valence-corrected chi connectivity index (χ3v) is 9.01. The number of carbonyl (C=O) groups is 1. The van der Waals surface area contributed by atoms with Gasteiger partial charge in [0.05, 0.1) is 15.6 Å². The van der Waals surface area contributed by atoms with Crippen LogP contribution in [0.5, 0.6) is 0 Å². The lowest BCUT2D eigenvalue weighted by molar-refractivity contribution is -0.140. The van der Waals surface area contributed by atoms with Crippen LogP contribution in [0.3, 0.4) is 0 Å². The quantitative estimate of drug-likeness (QED) is 0.824. The second-order valence-corrected chi connectivity index (χ2v) is 11.1. The fourth-order valence-corrected chi connectivity index (χ4v) is 7.83. The average Bonchev–Trinajstić information content (AvgIpc) is 3.11. The summed E-state index contributed by atoms with van der Waals surface area (Å²) in [6.45, 7) is 4.24. The number of likely N-dealkylation sites (N-methyl/N-ethyl adjacent to an activating group) is 1. The summed E-state index contributed by atoms with van der Waals surface area (Å²) >= 11 is 1.75. The van der Waals surface area contributed by atoms with E-state index < -0.39 is 0 Å². The van der Waals surface area contributed by atoms with Crippen molar-refractivity contribution in [1.29, 1.82) is 0 Å². The Hall–Kier alpha value is -1.66. The van der Waals surface area contributed by atoms with E-state index in [-0.39, 0.29) is 11.3 Å². The van der Waals surface area contributed by atoms with Gasteiger partial charge in [0.2, 0.25) is 5.91 Å². The fourth-order valence-electron chi connectivity index (χ4n) is 6.78. The van der Waals surface area contributed by atoms with E-state index in [9.17, 15) is 4.79 Å². The zero-order chi connectivity index (χ0) is 19.6. The van der Waals surface area contributed by atoms with Gasteiger partial charge in [-0.3, -0.25) is 4.79 Å². The fraction of sp³-hybridized carbons (Fsp3) is 0.652. The van der Waals surface area contributed by atoms with Crippen LogP contribution in [-0.4, -0.2) is 49.0 Å². The maximum Gasteiger partial charge on any atom is 0.230 e. The largest absolute Gasteiger partial charge is 0.345 e. The van der Waals surface area contributed by atoms with Crippen LogP contribution in [0.2, 0.25) is 0 Å². The van der Waals surface area contributed by atoms with E-state index in [1.54, 1.807) is 11.3 Å². The molecule has 7 rings (SSSR count). The van der Waals surface area contributed by atoms with Gasteiger partial charge in [0.1, 0.15) is 0 Å². The van der Waals surface area contributed by atoms with Crippen molar-refractivity contribution in [3.05, 3.63) is 18.2 Å². The van der Waals surface area contributed by atoms with Gasteiger partial charge in [-0.05, 0) is 81.5 Å². The molecule has 1 aliphatic heterocycles. The highest BCUT2D eigenvalue weighted by Gasteiger charge is 2.54. The Labute approximate surface area is 176 Å². The second kappa shape index (κ2) is 6.67. The highest BCUT2D eigenvalue weighted by Crippen LogP contribution is 2.60. The van der Waals surface area contributed by atoms with Crippen LogP contribution in [-0.2, 0) is 4.79 Å². The summed E-state index contributed by atoms with van der Waals surface area (Å²) in [6, 6.07) is 6.24. The molecule has 0 spiro atoms. The molecule has 6 heteroatoms. The minimum absolute atomic E-state index is 0.0948. The number of hydrogen-bond acceptors (Lipinski definition) is 5. The predicted molar refractivity (Wildman–Crippen MR) is 119 cm³/mol. The number of amides is 1. The van der Waals surface area contributed by atoms with E-state index in [2.05, 4.69) is 34.3 Å². The van der Waals surface area contributed by atoms with Crippen LogP contribution in [0.15, 0.2) is 18.2 Å². The monoisotopic (exact) mass is 410 g/mol. The molecular weight excluding hydrogens is 380 g/mol. The number of piperazine rings is 1. The van der Waals surface area contributed by atoms with E-state index >= 15 is 0 Å². The van der Waals surface area contributed by atoms with Gasteiger partial charge >= 0.3 is 0 Å². The standard InChI is InChI=1S/C23H30N4OS/c1-26-4-6-27(7-5-26)22-25-19-3-2-18(11-20(19)29-22)24-21(28)23-12-15-8-16(13-23)10-17(9-15)14-23/h2-3,11,15-17H,4-10,12-14H2,1H3,(H,24,28). The summed E-state index contributed by atoms with van der Waals surface area (Å²) in [5.74, 6) is 2.66. The second-order valence-electron chi connectivity index (χ2n) is 10.1. The first kappa shape index (κ1) is 18.1. The molecule has 2 heterocycles. The summed E-state index contributed by atoms with van der Waals surface area (Å²) in [4.78, 5) is 22.9. The number of rotatable bonds is 3. The summed E-state index contributed by atoms with van der Waals surface area (Å²) in [5.41, 5.74) is 1.88. The van der Waals surface area contributed by atoms with Crippen molar-refractivity contribution in [3.8, 4) is 0 Å². The lowest BCUT2D eigenvalue weighted by atomic mass is 9.49. The Kier molecular flexibility index (Phi) is 4.17. The number of anilines is 2. The van der Waals surface area contributed by atoms with Crippen molar-refractivity contribution in [1.82, 2.24) is 9.88 Å². The Morgan fingerprint density at radius 1 is 1.07 bits per heavy atom. The SMILES string of the molecule is CN1CCN(c2nc3ccc(NC(=O)C45CC6CC(CC(C6)C4)C5)cc3s2)CC1. The van der Waals surface area contributed by atoms with Crippen LogP contribution in [0.4, 0.5) is 10.8 Å². The number of fused-ring (bicyclic) bond motifs is 1. The lowest BCUT2D eigenvalue weighted by Gasteiger charge is -2.55. The first-order valence-corrected chi connectivity index (χ1v) is 12.0. The zero-order valence-corrected chi connectivity index (χ0v) is 18.0.